The van der Waals surface area contributed by atoms with E-state index in [9.17, 15) is 19.5 Å². The summed E-state index contributed by atoms with van der Waals surface area (Å²) in [6.45, 7) is 1.71. The topological polar surface area (TPSA) is 99.9 Å². The number of rotatable bonds is 5. The number of thioether (sulfide) groups is 1. The van der Waals surface area contributed by atoms with Crippen LogP contribution >= 0.6 is 24.0 Å². The van der Waals surface area contributed by atoms with Gasteiger partial charge in [-0.3, -0.25) is 15.0 Å². The fourth-order valence-corrected chi connectivity index (χ4v) is 4.32. The average Bonchev–Trinajstić information content (AvgIpc) is 3.34. The monoisotopic (exact) mass is 464 g/mol. The summed E-state index contributed by atoms with van der Waals surface area (Å²) in [5, 5.41) is 10.4. The maximum Gasteiger partial charge on any atom is 0.335 e. The zero-order valence-electron chi connectivity index (χ0n) is 16.7. The number of nitrogens with zero attached hydrogens (tertiary/aromatic N) is 1. The molecule has 1 aromatic heterocycles. The Hall–Kier alpha value is -3.69. The van der Waals surface area contributed by atoms with Crippen molar-refractivity contribution in [3.8, 4) is 11.3 Å². The molecule has 0 unspecified atom stereocenters. The summed E-state index contributed by atoms with van der Waals surface area (Å²) < 4.78 is 6.03. The number of hydrogen-bond donors (Lipinski definition) is 2. The zero-order chi connectivity index (χ0) is 22.8. The molecule has 4 rings (SSSR count). The Bertz CT molecular complexity index is 1280. The first-order valence-electron chi connectivity index (χ1n) is 9.42. The minimum Gasteiger partial charge on any atom is -0.478 e. The van der Waals surface area contributed by atoms with E-state index >= 15 is 0 Å². The Balaban J connectivity index is 1.54. The lowest BCUT2D eigenvalue weighted by molar-refractivity contribution is -0.123. The predicted molar refractivity (Wildman–Crippen MR) is 125 cm³/mol. The fraction of sp³-hybridized carbons (Fsp3) is 0.0435. The second kappa shape index (κ2) is 8.81. The minimum absolute atomic E-state index is 0.190. The largest absolute Gasteiger partial charge is 0.478 e. The Kier molecular flexibility index (Phi) is 5.93. The van der Waals surface area contributed by atoms with Gasteiger partial charge in [-0.1, -0.05) is 42.1 Å². The number of amides is 2. The summed E-state index contributed by atoms with van der Waals surface area (Å²) in [5.41, 5.74) is 4.34. The van der Waals surface area contributed by atoms with E-state index in [1.54, 1.807) is 61.5 Å². The highest BCUT2D eigenvalue weighted by atomic mass is 32.2. The molecule has 1 fully saturated rings. The Morgan fingerprint density at radius 1 is 1.09 bits per heavy atom. The third kappa shape index (κ3) is 4.20. The number of carboxylic acid groups (broad SMARTS) is 1. The van der Waals surface area contributed by atoms with Gasteiger partial charge in [0.1, 0.15) is 11.5 Å². The highest BCUT2D eigenvalue weighted by Gasteiger charge is 2.34. The van der Waals surface area contributed by atoms with Crippen molar-refractivity contribution in [2.75, 3.05) is 0 Å². The van der Waals surface area contributed by atoms with E-state index in [1.807, 2.05) is 0 Å². The third-order valence-corrected chi connectivity index (χ3v) is 6.07. The number of carbonyl (C=O) groups excluding carboxylic acids is 2. The van der Waals surface area contributed by atoms with Crippen LogP contribution in [0, 0.1) is 6.92 Å². The molecule has 7 nitrogen and oxygen atoms in total. The van der Waals surface area contributed by atoms with Gasteiger partial charge >= 0.3 is 5.97 Å². The van der Waals surface area contributed by atoms with Crippen LogP contribution in [-0.2, 0) is 4.79 Å². The zero-order valence-corrected chi connectivity index (χ0v) is 18.3. The maximum atomic E-state index is 12.8. The molecule has 2 heterocycles. The van der Waals surface area contributed by atoms with Crippen molar-refractivity contribution < 1.29 is 23.9 Å². The van der Waals surface area contributed by atoms with Gasteiger partial charge in [0.25, 0.3) is 11.8 Å². The minimum atomic E-state index is -1.02. The van der Waals surface area contributed by atoms with Gasteiger partial charge in [0.05, 0.1) is 10.5 Å². The lowest BCUT2D eigenvalue weighted by Crippen LogP contribution is -2.44. The van der Waals surface area contributed by atoms with E-state index in [2.05, 4.69) is 5.43 Å². The standard InChI is InChI=1S/C23H16N2O5S2/c1-13-16(8-5-9-17(13)22(28)29)18-11-10-15(30-18)12-19-21(27)25(23(31)32-19)24-20(26)14-6-3-2-4-7-14/h2-12H,1H3,(H,24,26)(H,28,29)/b19-12-. The van der Waals surface area contributed by atoms with Crippen molar-refractivity contribution in [1.29, 1.82) is 0 Å². The van der Waals surface area contributed by atoms with Crippen molar-refractivity contribution in [3.63, 3.8) is 0 Å². The first-order chi connectivity index (χ1) is 15.3. The Morgan fingerprint density at radius 3 is 2.56 bits per heavy atom. The van der Waals surface area contributed by atoms with Gasteiger partial charge in [-0.2, -0.15) is 5.01 Å². The van der Waals surface area contributed by atoms with Crippen LogP contribution in [0.15, 0.2) is 70.0 Å². The van der Waals surface area contributed by atoms with E-state index in [4.69, 9.17) is 16.6 Å². The van der Waals surface area contributed by atoms with Crippen LogP contribution in [0.1, 0.15) is 32.0 Å². The number of furan rings is 1. The summed E-state index contributed by atoms with van der Waals surface area (Å²) in [4.78, 5) is 36.8. The molecule has 0 bridgehead atoms. The van der Waals surface area contributed by atoms with Gasteiger partial charge in [0.15, 0.2) is 4.32 Å². The number of aromatic carboxylic acids is 1. The molecule has 1 saturated heterocycles. The van der Waals surface area contributed by atoms with Crippen molar-refractivity contribution in [2.45, 2.75) is 6.92 Å². The molecule has 0 saturated carbocycles. The number of nitrogens with one attached hydrogen (secondary N) is 1. The Labute approximate surface area is 192 Å². The SMILES string of the molecule is Cc1c(C(=O)O)cccc1-c1ccc(/C=C2\SC(=S)N(NC(=O)c3ccccc3)C2=O)o1. The first kappa shape index (κ1) is 21.5. The normalized spacial score (nSPS) is 14.8. The summed E-state index contributed by atoms with van der Waals surface area (Å²) >= 11 is 6.29. The van der Waals surface area contributed by atoms with Gasteiger partial charge in [0, 0.05) is 17.2 Å². The van der Waals surface area contributed by atoms with Gasteiger partial charge in [-0.15, -0.1) is 0 Å². The van der Waals surface area contributed by atoms with Crippen molar-refractivity contribution in [3.05, 3.63) is 88.0 Å². The lowest BCUT2D eigenvalue weighted by Gasteiger charge is -2.15. The van der Waals surface area contributed by atoms with Crippen LogP contribution < -0.4 is 5.43 Å². The third-order valence-electron chi connectivity index (χ3n) is 4.77. The van der Waals surface area contributed by atoms with Crippen LogP contribution in [0.5, 0.6) is 0 Å². The predicted octanol–water partition coefficient (Wildman–Crippen LogP) is 4.50. The summed E-state index contributed by atoms with van der Waals surface area (Å²) in [6, 6.07) is 16.8. The maximum absolute atomic E-state index is 12.8. The number of hydrogen-bond acceptors (Lipinski definition) is 6. The molecule has 9 heteroatoms. The number of thiocarbonyl (C=S) groups is 1. The number of carboxylic acids is 1. The van der Waals surface area contributed by atoms with E-state index in [0.717, 1.165) is 16.8 Å². The second-order valence-electron chi connectivity index (χ2n) is 6.81. The van der Waals surface area contributed by atoms with E-state index in [0.29, 0.717) is 33.1 Å². The van der Waals surface area contributed by atoms with Crippen LogP contribution in [-0.4, -0.2) is 32.2 Å². The molecule has 2 N–H and O–H groups in total. The molecular weight excluding hydrogens is 448 g/mol. The highest BCUT2D eigenvalue weighted by Crippen LogP contribution is 2.33. The van der Waals surface area contributed by atoms with E-state index < -0.39 is 17.8 Å². The van der Waals surface area contributed by atoms with Crippen LogP contribution in [0.3, 0.4) is 0 Å². The summed E-state index contributed by atoms with van der Waals surface area (Å²) in [5.74, 6) is -1.06. The molecule has 160 valence electrons. The molecular formula is C23H16N2O5S2. The molecule has 3 aromatic rings. The molecule has 2 amide bonds. The number of hydrazine groups is 1. The van der Waals surface area contributed by atoms with E-state index in [1.165, 1.54) is 12.1 Å². The second-order valence-corrected chi connectivity index (χ2v) is 8.49. The first-order valence-corrected chi connectivity index (χ1v) is 10.6. The number of benzene rings is 2. The molecule has 2 aromatic carbocycles. The van der Waals surface area contributed by atoms with Crippen LogP contribution in [0.4, 0.5) is 0 Å². The molecule has 0 atom stereocenters. The molecule has 1 aliphatic heterocycles. The summed E-state index contributed by atoms with van der Waals surface area (Å²) in [6.07, 6.45) is 1.54. The quantitative estimate of drug-likeness (QED) is 0.424. The van der Waals surface area contributed by atoms with Gasteiger partial charge in [0.2, 0.25) is 0 Å². The fourth-order valence-electron chi connectivity index (χ4n) is 3.16. The molecule has 0 spiro atoms. The molecule has 0 radical (unpaired) electrons. The smallest absolute Gasteiger partial charge is 0.335 e. The Morgan fingerprint density at radius 2 is 1.84 bits per heavy atom. The van der Waals surface area contributed by atoms with Crippen molar-refractivity contribution >= 4 is 52.2 Å². The van der Waals surface area contributed by atoms with Crippen molar-refractivity contribution in [2.24, 2.45) is 0 Å². The molecule has 0 aliphatic carbocycles. The van der Waals surface area contributed by atoms with Crippen LogP contribution in [0.25, 0.3) is 17.4 Å². The van der Waals surface area contributed by atoms with Crippen molar-refractivity contribution in [1.82, 2.24) is 10.4 Å². The number of carbonyl (C=O) groups is 3. The van der Waals surface area contributed by atoms with Gasteiger partial charge in [-0.05, 0) is 55.0 Å². The van der Waals surface area contributed by atoms with Crippen LogP contribution in [0.2, 0.25) is 0 Å². The molecule has 32 heavy (non-hydrogen) atoms. The van der Waals surface area contributed by atoms with Gasteiger partial charge in [-0.25, -0.2) is 4.79 Å². The molecule has 1 aliphatic rings. The average molecular weight is 465 g/mol. The van der Waals surface area contributed by atoms with E-state index in [-0.39, 0.29) is 9.88 Å². The van der Waals surface area contributed by atoms with Gasteiger partial charge < -0.3 is 9.52 Å². The summed E-state index contributed by atoms with van der Waals surface area (Å²) in [7, 11) is 0. The lowest BCUT2D eigenvalue weighted by atomic mass is 10.0. The highest BCUT2D eigenvalue weighted by molar-refractivity contribution is 8.26.